The Kier molecular flexibility index (Phi) is 19.8. The number of rotatable bonds is 18. The molecule has 1 unspecified atom stereocenters. The first-order chi connectivity index (χ1) is 11.3. The summed E-state index contributed by atoms with van der Waals surface area (Å²) in [5, 5.41) is 0. The fraction of sp³-hybridized carbons (Fsp3) is 0.900. The minimum atomic E-state index is -1.84. The lowest BCUT2D eigenvalue weighted by Gasteiger charge is -2.04. The smallest absolute Gasteiger partial charge is 0.0102 e. The van der Waals surface area contributed by atoms with Gasteiger partial charge in [-0.15, -0.1) is 0 Å². The summed E-state index contributed by atoms with van der Waals surface area (Å²) in [6.45, 7) is 2.27. The van der Waals surface area contributed by atoms with Crippen LogP contribution < -0.4 is 0 Å². The van der Waals surface area contributed by atoms with Crippen molar-refractivity contribution >= 4 is 11.1 Å². The molecule has 0 aromatic heterocycles. The Morgan fingerprint density at radius 3 is 1.48 bits per heavy atom. The first-order valence-corrected chi connectivity index (χ1v) is 11.2. The molecular weight excluding hydrogens is 304 g/mol. The Morgan fingerprint density at radius 1 is 0.652 bits per heavy atom. The lowest BCUT2D eigenvalue weighted by atomic mass is 10.1. The van der Waals surface area contributed by atoms with Crippen molar-refractivity contribution in [3.63, 3.8) is 0 Å². The number of hydrogen-bond donors (Lipinski definition) is 0. The summed E-state index contributed by atoms with van der Waals surface area (Å²) in [5.41, 5.74) is 0. The molecule has 2 nitrogen and oxygen atoms in total. The van der Waals surface area contributed by atoms with Crippen LogP contribution in [0.2, 0.25) is 0 Å². The highest BCUT2D eigenvalue weighted by Crippen LogP contribution is 2.11. The van der Waals surface area contributed by atoms with Crippen LogP contribution in [0.25, 0.3) is 0 Å². The van der Waals surface area contributed by atoms with Crippen molar-refractivity contribution in [2.24, 2.45) is 0 Å². The molecule has 23 heavy (non-hydrogen) atoms. The maximum Gasteiger partial charge on any atom is 0.0102 e. The lowest BCUT2D eigenvalue weighted by Crippen LogP contribution is -1.94. The third-order valence-corrected chi connectivity index (χ3v) is 4.94. The Bertz CT molecular complexity index is 277. The number of allylic oxidation sites excluding steroid dienone is 2. The monoisotopic (exact) mass is 343 g/mol. The summed E-state index contributed by atoms with van der Waals surface area (Å²) in [7, 11) is 0. The van der Waals surface area contributed by atoms with E-state index in [2.05, 4.69) is 19.1 Å². The molecule has 0 radical (unpaired) electrons. The normalized spacial score (nSPS) is 13.0. The Morgan fingerprint density at radius 2 is 1.04 bits per heavy atom. The van der Waals surface area contributed by atoms with Crippen LogP contribution in [0.3, 0.4) is 0 Å². The molecule has 0 aromatic rings. The van der Waals surface area contributed by atoms with Crippen molar-refractivity contribution in [2.75, 3.05) is 5.75 Å². The van der Waals surface area contributed by atoms with E-state index in [4.69, 9.17) is 0 Å². The molecule has 0 aliphatic rings. The van der Waals surface area contributed by atoms with Gasteiger partial charge in [-0.2, -0.15) is 0 Å². The fourth-order valence-corrected chi connectivity index (χ4v) is 3.26. The van der Waals surface area contributed by atoms with E-state index in [0.29, 0.717) is 5.75 Å². The van der Waals surface area contributed by atoms with Gasteiger partial charge in [-0.25, -0.2) is 0 Å². The van der Waals surface area contributed by atoms with Crippen molar-refractivity contribution in [1.29, 1.82) is 0 Å². The van der Waals surface area contributed by atoms with Crippen LogP contribution in [0.15, 0.2) is 12.2 Å². The average molecular weight is 344 g/mol. The van der Waals surface area contributed by atoms with Gasteiger partial charge in [0, 0.05) is 5.75 Å². The van der Waals surface area contributed by atoms with Crippen LogP contribution in [0.4, 0.5) is 0 Å². The zero-order chi connectivity index (χ0) is 17.0. The van der Waals surface area contributed by atoms with Gasteiger partial charge < -0.3 is 4.55 Å². The third-order valence-electron chi connectivity index (χ3n) is 4.32. The largest absolute Gasteiger partial charge is 0.772 e. The van der Waals surface area contributed by atoms with Crippen LogP contribution in [-0.2, 0) is 11.1 Å². The van der Waals surface area contributed by atoms with Crippen molar-refractivity contribution < 1.29 is 8.76 Å². The molecule has 0 spiro atoms. The first-order valence-electron chi connectivity index (χ1n) is 9.98. The summed E-state index contributed by atoms with van der Waals surface area (Å²) in [6.07, 6.45) is 25.2. The molecule has 0 aliphatic heterocycles. The summed E-state index contributed by atoms with van der Waals surface area (Å²) in [6, 6.07) is 0. The molecule has 0 saturated heterocycles. The molecule has 0 N–H and O–H groups in total. The Balaban J connectivity index is 3.07. The van der Waals surface area contributed by atoms with Crippen LogP contribution in [0, 0.1) is 0 Å². The van der Waals surface area contributed by atoms with Gasteiger partial charge >= 0.3 is 0 Å². The van der Waals surface area contributed by atoms with Crippen LogP contribution in [-0.4, -0.2) is 14.5 Å². The van der Waals surface area contributed by atoms with Crippen LogP contribution in [0.1, 0.15) is 110 Å². The van der Waals surface area contributed by atoms with Gasteiger partial charge in [-0.1, -0.05) is 101 Å². The van der Waals surface area contributed by atoms with E-state index in [1.54, 1.807) is 0 Å². The molecule has 0 fully saturated rings. The lowest BCUT2D eigenvalue weighted by molar-refractivity contribution is 0.530. The summed E-state index contributed by atoms with van der Waals surface area (Å²) >= 11 is -1.84. The van der Waals surface area contributed by atoms with E-state index >= 15 is 0 Å². The predicted octanol–water partition coefficient (Wildman–Crippen LogP) is 6.68. The second-order valence-corrected chi connectivity index (χ2v) is 7.67. The first kappa shape index (κ1) is 22.9. The molecular formula is C20H39O2S-. The zero-order valence-electron chi connectivity index (χ0n) is 15.4. The molecule has 0 bridgehead atoms. The van der Waals surface area contributed by atoms with Crippen molar-refractivity contribution in [2.45, 2.75) is 110 Å². The molecule has 0 saturated carbocycles. The zero-order valence-corrected chi connectivity index (χ0v) is 16.2. The average Bonchev–Trinajstić information content (AvgIpc) is 2.53. The van der Waals surface area contributed by atoms with Gasteiger partial charge in [0.05, 0.1) is 0 Å². The van der Waals surface area contributed by atoms with Crippen molar-refractivity contribution in [3.8, 4) is 0 Å². The topological polar surface area (TPSA) is 40.1 Å². The molecule has 138 valence electrons. The predicted molar refractivity (Wildman–Crippen MR) is 102 cm³/mol. The van der Waals surface area contributed by atoms with Gasteiger partial charge in [0.15, 0.2) is 0 Å². The highest BCUT2D eigenvalue weighted by molar-refractivity contribution is 7.79. The minimum Gasteiger partial charge on any atom is -0.772 e. The Labute approximate surface area is 147 Å². The van der Waals surface area contributed by atoms with Crippen molar-refractivity contribution in [3.05, 3.63) is 12.2 Å². The van der Waals surface area contributed by atoms with E-state index in [-0.39, 0.29) is 0 Å². The van der Waals surface area contributed by atoms with Gasteiger partial charge in [-0.05, 0) is 32.1 Å². The highest BCUT2D eigenvalue weighted by atomic mass is 32.2. The van der Waals surface area contributed by atoms with E-state index < -0.39 is 11.1 Å². The third kappa shape index (κ3) is 21.9. The number of unbranched alkanes of at least 4 members (excludes halogenated alkanes) is 14. The molecule has 0 aliphatic carbocycles. The molecule has 3 heteroatoms. The molecule has 0 rings (SSSR count). The standard InChI is InChI=1S/C20H40O2S/c1-2-3-4-5-6-7-8-9-10-11-12-13-14-15-16-17-18-19-20-23(21)22/h10-11H,2-9,12-20H2,1H3,(H,21,22)/p-1. The van der Waals surface area contributed by atoms with Gasteiger partial charge in [0.25, 0.3) is 0 Å². The molecule has 0 heterocycles. The van der Waals surface area contributed by atoms with Gasteiger partial charge in [-0.3, -0.25) is 4.21 Å². The van der Waals surface area contributed by atoms with E-state index in [1.165, 1.54) is 89.9 Å². The molecule has 0 aromatic carbocycles. The van der Waals surface area contributed by atoms with E-state index in [9.17, 15) is 8.76 Å². The van der Waals surface area contributed by atoms with Crippen molar-refractivity contribution in [1.82, 2.24) is 0 Å². The Hall–Kier alpha value is -0.150. The fourth-order valence-electron chi connectivity index (χ4n) is 2.82. The van der Waals surface area contributed by atoms with E-state index in [1.807, 2.05) is 0 Å². The van der Waals surface area contributed by atoms with Gasteiger partial charge in [0.2, 0.25) is 0 Å². The number of hydrogen-bond acceptors (Lipinski definition) is 2. The van der Waals surface area contributed by atoms with Crippen LogP contribution >= 0.6 is 0 Å². The summed E-state index contributed by atoms with van der Waals surface area (Å²) in [5.74, 6) is 0.337. The second kappa shape index (κ2) is 19.9. The maximum atomic E-state index is 10.4. The second-order valence-electron chi connectivity index (χ2n) is 6.65. The molecule has 0 amide bonds. The SMILES string of the molecule is CCCCCCCCCC=CCCCCCCCCCS(=O)[O-]. The highest BCUT2D eigenvalue weighted by Gasteiger charge is 1.92. The minimum absolute atomic E-state index is 0.337. The van der Waals surface area contributed by atoms with Gasteiger partial charge in [0.1, 0.15) is 0 Å². The van der Waals surface area contributed by atoms with Crippen LogP contribution in [0.5, 0.6) is 0 Å². The quantitative estimate of drug-likeness (QED) is 0.158. The summed E-state index contributed by atoms with van der Waals surface area (Å²) in [4.78, 5) is 0. The summed E-state index contributed by atoms with van der Waals surface area (Å²) < 4.78 is 20.7. The maximum absolute atomic E-state index is 10.4. The molecule has 1 atom stereocenters. The van der Waals surface area contributed by atoms with E-state index in [0.717, 1.165) is 12.8 Å².